The number of benzene rings is 1. The van der Waals surface area contributed by atoms with Gasteiger partial charge in [-0.15, -0.1) is 0 Å². The van der Waals surface area contributed by atoms with Crippen LogP contribution in [0.3, 0.4) is 0 Å². The largest absolute Gasteiger partial charge is 0.398 e. The average molecular weight is 270 g/mol. The van der Waals surface area contributed by atoms with Crippen LogP contribution in [-0.2, 0) is 6.54 Å². The fraction of sp³-hybridized carbons (Fsp3) is 0.250. The lowest BCUT2D eigenvalue weighted by Gasteiger charge is -2.09. The monoisotopic (exact) mass is 269 g/mol. The number of anilines is 1. The number of nitrogens with two attached hydrogens (primary N) is 1. The van der Waals surface area contributed by atoms with Crippen LogP contribution in [0.5, 0.6) is 0 Å². The first-order chi connectivity index (χ1) is 8.00. The molecule has 0 radical (unpaired) electrons. The maximum atomic E-state index is 6.12. The molecule has 0 unspecified atom stereocenters. The van der Waals surface area contributed by atoms with Crippen molar-refractivity contribution in [1.82, 2.24) is 9.78 Å². The summed E-state index contributed by atoms with van der Waals surface area (Å²) in [6.45, 7) is 4.34. The SMILES string of the molecule is Cc1nn(Cc2c(N)cccc2Cl)c(C)c1Cl. The first kappa shape index (κ1) is 12.3. The van der Waals surface area contributed by atoms with E-state index in [1.807, 2.05) is 36.7 Å². The summed E-state index contributed by atoms with van der Waals surface area (Å²) in [6, 6.07) is 5.48. The summed E-state index contributed by atoms with van der Waals surface area (Å²) in [5.74, 6) is 0. The molecule has 2 aromatic rings. The summed E-state index contributed by atoms with van der Waals surface area (Å²) in [4.78, 5) is 0. The molecule has 0 saturated carbocycles. The van der Waals surface area contributed by atoms with Crippen molar-refractivity contribution in [3.05, 3.63) is 45.2 Å². The van der Waals surface area contributed by atoms with Gasteiger partial charge in [-0.05, 0) is 26.0 Å². The first-order valence-corrected chi connectivity index (χ1v) is 5.98. The molecule has 90 valence electrons. The minimum Gasteiger partial charge on any atom is -0.398 e. The summed E-state index contributed by atoms with van der Waals surface area (Å²) in [5.41, 5.74) is 9.18. The molecule has 17 heavy (non-hydrogen) atoms. The molecule has 2 rings (SSSR count). The highest BCUT2D eigenvalue weighted by Gasteiger charge is 2.12. The standard InChI is InChI=1S/C12H13Cl2N3/c1-7-12(14)8(2)17(16-7)6-9-10(13)4-3-5-11(9)15/h3-5H,6,15H2,1-2H3. The lowest BCUT2D eigenvalue weighted by Crippen LogP contribution is -2.07. The van der Waals surface area contributed by atoms with Gasteiger partial charge in [-0.25, -0.2) is 0 Å². The third-order valence-corrected chi connectivity index (χ3v) is 3.66. The molecule has 0 bridgehead atoms. The molecule has 2 N–H and O–H groups in total. The second-order valence-corrected chi connectivity index (χ2v) is 4.74. The van der Waals surface area contributed by atoms with E-state index in [9.17, 15) is 0 Å². The van der Waals surface area contributed by atoms with E-state index in [1.165, 1.54) is 0 Å². The van der Waals surface area contributed by atoms with Gasteiger partial charge in [-0.2, -0.15) is 5.10 Å². The van der Waals surface area contributed by atoms with E-state index in [1.54, 1.807) is 0 Å². The summed E-state index contributed by atoms with van der Waals surface area (Å²) in [7, 11) is 0. The van der Waals surface area contributed by atoms with Crippen molar-refractivity contribution < 1.29 is 0 Å². The van der Waals surface area contributed by atoms with Gasteiger partial charge >= 0.3 is 0 Å². The van der Waals surface area contributed by atoms with Crippen LogP contribution in [0.25, 0.3) is 0 Å². The molecular weight excluding hydrogens is 257 g/mol. The van der Waals surface area contributed by atoms with Crippen molar-refractivity contribution in [3.63, 3.8) is 0 Å². The van der Waals surface area contributed by atoms with Crippen molar-refractivity contribution >= 4 is 28.9 Å². The molecule has 0 atom stereocenters. The number of halogens is 2. The molecule has 1 aromatic heterocycles. The molecule has 3 nitrogen and oxygen atoms in total. The fourth-order valence-corrected chi connectivity index (χ4v) is 2.10. The molecule has 1 aromatic carbocycles. The molecular formula is C12H13Cl2N3. The Morgan fingerprint density at radius 2 is 2.00 bits per heavy atom. The van der Waals surface area contributed by atoms with Crippen LogP contribution < -0.4 is 5.73 Å². The molecule has 1 heterocycles. The second-order valence-electron chi connectivity index (χ2n) is 3.95. The summed E-state index contributed by atoms with van der Waals surface area (Å²) >= 11 is 12.2. The van der Waals surface area contributed by atoms with Gasteiger partial charge in [0.2, 0.25) is 0 Å². The van der Waals surface area contributed by atoms with Crippen LogP contribution in [0.4, 0.5) is 5.69 Å². The van der Waals surface area contributed by atoms with E-state index in [4.69, 9.17) is 28.9 Å². The van der Waals surface area contributed by atoms with Crippen LogP contribution in [0.15, 0.2) is 18.2 Å². The lowest BCUT2D eigenvalue weighted by molar-refractivity contribution is 0.660. The van der Waals surface area contributed by atoms with Gasteiger partial charge < -0.3 is 5.73 Å². The van der Waals surface area contributed by atoms with Crippen molar-refractivity contribution in [2.75, 3.05) is 5.73 Å². The number of nitrogen functional groups attached to an aromatic ring is 1. The van der Waals surface area contributed by atoms with Gasteiger partial charge in [0.1, 0.15) is 0 Å². The van der Waals surface area contributed by atoms with Gasteiger partial charge in [0.15, 0.2) is 0 Å². The topological polar surface area (TPSA) is 43.8 Å². The van der Waals surface area contributed by atoms with Gasteiger partial charge in [0, 0.05) is 16.3 Å². The maximum absolute atomic E-state index is 6.12. The number of nitrogens with zero attached hydrogens (tertiary/aromatic N) is 2. The van der Waals surface area contributed by atoms with Crippen LogP contribution >= 0.6 is 23.2 Å². The minimum absolute atomic E-state index is 0.533. The Kier molecular flexibility index (Phi) is 3.31. The van der Waals surface area contributed by atoms with Crippen LogP contribution in [-0.4, -0.2) is 9.78 Å². The Hall–Kier alpha value is -1.19. The Balaban J connectivity index is 2.41. The Bertz CT molecular complexity index is 541. The van der Waals surface area contributed by atoms with E-state index in [0.29, 0.717) is 22.3 Å². The van der Waals surface area contributed by atoms with E-state index in [-0.39, 0.29) is 0 Å². The number of rotatable bonds is 2. The Morgan fingerprint density at radius 3 is 2.53 bits per heavy atom. The smallest absolute Gasteiger partial charge is 0.0844 e. The minimum atomic E-state index is 0.533. The van der Waals surface area contributed by atoms with Gasteiger partial charge in [0.05, 0.1) is 23.0 Å². The van der Waals surface area contributed by atoms with Gasteiger partial charge in [0.25, 0.3) is 0 Å². The van der Waals surface area contributed by atoms with Crippen LogP contribution in [0.1, 0.15) is 17.0 Å². The lowest BCUT2D eigenvalue weighted by atomic mass is 10.2. The Morgan fingerprint density at radius 1 is 1.29 bits per heavy atom. The summed E-state index contributed by atoms with van der Waals surface area (Å²) in [6.07, 6.45) is 0. The van der Waals surface area contributed by atoms with Crippen LogP contribution in [0, 0.1) is 13.8 Å². The van der Waals surface area contributed by atoms with Crippen molar-refractivity contribution in [1.29, 1.82) is 0 Å². The molecule has 0 aliphatic rings. The highest BCUT2D eigenvalue weighted by atomic mass is 35.5. The molecule has 0 aliphatic carbocycles. The summed E-state index contributed by atoms with van der Waals surface area (Å²) < 4.78 is 1.81. The molecule has 5 heteroatoms. The van der Waals surface area contributed by atoms with E-state index >= 15 is 0 Å². The zero-order valence-corrected chi connectivity index (χ0v) is 11.2. The first-order valence-electron chi connectivity index (χ1n) is 5.23. The third kappa shape index (κ3) is 2.26. The zero-order valence-electron chi connectivity index (χ0n) is 9.67. The van der Waals surface area contributed by atoms with Crippen molar-refractivity contribution in [2.45, 2.75) is 20.4 Å². The molecule has 0 saturated heterocycles. The average Bonchev–Trinajstić information content (AvgIpc) is 2.52. The highest BCUT2D eigenvalue weighted by Crippen LogP contribution is 2.25. The molecule has 0 amide bonds. The molecule has 0 aliphatic heterocycles. The third-order valence-electron chi connectivity index (χ3n) is 2.76. The molecule has 0 fully saturated rings. The van der Waals surface area contributed by atoms with Crippen molar-refractivity contribution in [3.8, 4) is 0 Å². The van der Waals surface area contributed by atoms with Crippen molar-refractivity contribution in [2.24, 2.45) is 0 Å². The quantitative estimate of drug-likeness (QED) is 0.849. The van der Waals surface area contributed by atoms with Gasteiger partial charge in [-0.3, -0.25) is 4.68 Å². The Labute approximate surface area is 110 Å². The fourth-order valence-electron chi connectivity index (χ4n) is 1.72. The number of hydrogen-bond acceptors (Lipinski definition) is 2. The highest BCUT2D eigenvalue weighted by molar-refractivity contribution is 6.32. The normalized spacial score (nSPS) is 10.8. The number of aromatic nitrogens is 2. The van der Waals surface area contributed by atoms with E-state index < -0.39 is 0 Å². The van der Waals surface area contributed by atoms with E-state index in [2.05, 4.69) is 5.10 Å². The maximum Gasteiger partial charge on any atom is 0.0844 e. The van der Waals surface area contributed by atoms with E-state index in [0.717, 1.165) is 17.0 Å². The second kappa shape index (κ2) is 4.59. The zero-order chi connectivity index (χ0) is 12.6. The predicted molar refractivity (Wildman–Crippen MR) is 71.7 cm³/mol. The number of hydrogen-bond donors (Lipinski definition) is 1. The number of aryl methyl sites for hydroxylation is 1. The van der Waals surface area contributed by atoms with Gasteiger partial charge in [-0.1, -0.05) is 29.3 Å². The summed E-state index contributed by atoms with van der Waals surface area (Å²) in [5, 5.41) is 5.70. The predicted octanol–water partition coefficient (Wildman–Crippen LogP) is 3.44. The molecule has 0 spiro atoms. The van der Waals surface area contributed by atoms with Crippen LogP contribution in [0.2, 0.25) is 10.0 Å².